The maximum Gasteiger partial charge on any atom is 0.279 e. The van der Waals surface area contributed by atoms with Crippen molar-refractivity contribution in [1.29, 1.82) is 0 Å². The zero-order valence-corrected chi connectivity index (χ0v) is 17.4. The predicted octanol–water partition coefficient (Wildman–Crippen LogP) is 2.24. The fraction of sp³-hybridized carbons (Fsp3) is 0.0833. The van der Waals surface area contributed by atoms with E-state index in [1.807, 2.05) is 24.3 Å². The molecule has 0 aliphatic heterocycles. The summed E-state index contributed by atoms with van der Waals surface area (Å²) in [5.41, 5.74) is 2.04. The molecule has 4 aromatic rings. The topological polar surface area (TPSA) is 91.1 Å². The molecule has 0 saturated heterocycles. The number of aromatic carboxylic acids is 1. The van der Waals surface area contributed by atoms with Crippen LogP contribution in [0.3, 0.4) is 0 Å². The van der Waals surface area contributed by atoms with E-state index in [9.17, 15) is 14.7 Å². The highest BCUT2D eigenvalue weighted by Crippen LogP contribution is 2.26. The highest BCUT2D eigenvalue weighted by atomic mass is 35.5. The first kappa shape index (κ1) is 20.5. The molecule has 2 heterocycles. The van der Waals surface area contributed by atoms with Gasteiger partial charge in [0.1, 0.15) is 11.5 Å². The van der Waals surface area contributed by atoms with Gasteiger partial charge in [0.15, 0.2) is 0 Å². The fourth-order valence-corrected chi connectivity index (χ4v) is 3.46. The van der Waals surface area contributed by atoms with Crippen LogP contribution in [0, 0.1) is 0 Å². The van der Waals surface area contributed by atoms with Gasteiger partial charge in [0.05, 0.1) is 22.2 Å². The number of hydrogen-bond donors (Lipinski definition) is 1. The lowest BCUT2D eigenvalue weighted by Gasteiger charge is -2.06. The van der Waals surface area contributed by atoms with E-state index in [2.05, 4.69) is 18.6 Å². The fourth-order valence-electron chi connectivity index (χ4n) is 3.27. The molecular formula is C24H18ClN2O4-. The van der Waals surface area contributed by atoms with Gasteiger partial charge in [-0.1, -0.05) is 37.2 Å². The first-order valence-electron chi connectivity index (χ1n) is 9.59. The van der Waals surface area contributed by atoms with Gasteiger partial charge in [-0.15, -0.1) is 0 Å². The van der Waals surface area contributed by atoms with Crippen molar-refractivity contribution < 1.29 is 14.3 Å². The summed E-state index contributed by atoms with van der Waals surface area (Å²) in [4.78, 5) is 24.1. The minimum absolute atomic E-state index is 0.0867. The van der Waals surface area contributed by atoms with Gasteiger partial charge in [-0.3, -0.25) is 9.89 Å². The van der Waals surface area contributed by atoms with E-state index in [1.54, 1.807) is 24.3 Å². The Morgan fingerprint density at radius 3 is 2.61 bits per heavy atom. The Morgan fingerprint density at radius 1 is 1.19 bits per heavy atom. The number of carbonyl (C=O) groups excluding carboxylic acids is 1. The largest absolute Gasteiger partial charge is 0.545 e. The van der Waals surface area contributed by atoms with Crippen LogP contribution in [0.15, 0.2) is 63.8 Å². The molecule has 31 heavy (non-hydrogen) atoms. The van der Waals surface area contributed by atoms with Crippen LogP contribution in [0.25, 0.3) is 29.7 Å². The summed E-state index contributed by atoms with van der Waals surface area (Å²) in [6.07, 6.45) is 2.51. The molecule has 0 atom stereocenters. The van der Waals surface area contributed by atoms with Gasteiger partial charge in [-0.25, -0.2) is 4.68 Å². The highest BCUT2D eigenvalue weighted by Gasteiger charge is 2.10. The van der Waals surface area contributed by atoms with Crippen molar-refractivity contribution in [2.24, 2.45) is 0 Å². The van der Waals surface area contributed by atoms with Gasteiger partial charge in [-0.05, 0) is 60.5 Å². The summed E-state index contributed by atoms with van der Waals surface area (Å²) in [6, 6.07) is 15.6. The highest BCUT2D eigenvalue weighted by molar-refractivity contribution is 6.33. The maximum absolute atomic E-state index is 12.9. The molecule has 0 aliphatic carbocycles. The minimum atomic E-state index is -1.37. The molecule has 0 spiro atoms. The number of nitrogens with one attached hydrogen (secondary N) is 1. The Kier molecular flexibility index (Phi) is 5.40. The van der Waals surface area contributed by atoms with Crippen LogP contribution in [0.2, 0.25) is 5.02 Å². The standard InChI is InChI=1S/C24H19ClN2O4/c1-3-15-4-7-17(8-5-15)27-23(28)19(14(2)26-27)13-18-9-11-22(31-18)16-6-10-21(25)20(12-16)24(29)30/h4-13,26H,2-3H2,1H3,(H,29,30)/p-1/b19-13+. The van der Waals surface area contributed by atoms with Gasteiger partial charge in [0.25, 0.3) is 5.56 Å². The second-order valence-electron chi connectivity index (χ2n) is 6.99. The normalized spacial score (nSPS) is 11.7. The van der Waals surface area contributed by atoms with E-state index in [-0.39, 0.29) is 16.1 Å². The molecule has 2 aromatic heterocycles. The third-order valence-corrected chi connectivity index (χ3v) is 5.32. The van der Waals surface area contributed by atoms with E-state index < -0.39 is 5.97 Å². The lowest BCUT2D eigenvalue weighted by Crippen LogP contribution is -2.33. The Morgan fingerprint density at radius 2 is 1.94 bits per heavy atom. The smallest absolute Gasteiger partial charge is 0.279 e. The second-order valence-corrected chi connectivity index (χ2v) is 7.40. The number of aromatic nitrogens is 2. The molecule has 7 heteroatoms. The third kappa shape index (κ3) is 3.98. The van der Waals surface area contributed by atoms with Crippen molar-refractivity contribution in [2.45, 2.75) is 13.3 Å². The molecule has 0 amide bonds. The summed E-state index contributed by atoms with van der Waals surface area (Å²) in [7, 11) is 0. The lowest BCUT2D eigenvalue weighted by molar-refractivity contribution is -0.255. The van der Waals surface area contributed by atoms with Crippen molar-refractivity contribution in [1.82, 2.24) is 9.78 Å². The Balaban J connectivity index is 1.72. The molecule has 0 bridgehead atoms. The van der Waals surface area contributed by atoms with Crippen LogP contribution in [0.4, 0.5) is 0 Å². The molecule has 0 radical (unpaired) electrons. The Labute approximate surface area is 182 Å². The van der Waals surface area contributed by atoms with Gasteiger partial charge in [0, 0.05) is 16.1 Å². The number of benzene rings is 2. The van der Waals surface area contributed by atoms with Crippen molar-refractivity contribution in [3.63, 3.8) is 0 Å². The summed E-state index contributed by atoms with van der Waals surface area (Å²) in [6.45, 7) is 5.99. The SMILES string of the molecule is C=c1[nH]n(-c2ccc(CC)cc2)c(=O)/c1=C/c1ccc(-c2ccc(Cl)c(C(=O)[O-])c2)o1. The van der Waals surface area contributed by atoms with Crippen molar-refractivity contribution in [3.05, 3.63) is 97.4 Å². The Bertz CT molecular complexity index is 1440. The number of carboxylic acids is 1. The van der Waals surface area contributed by atoms with Crippen molar-refractivity contribution in [2.75, 3.05) is 0 Å². The van der Waals surface area contributed by atoms with Crippen LogP contribution < -0.4 is 21.2 Å². The number of furan rings is 1. The van der Waals surface area contributed by atoms with Crippen LogP contribution >= 0.6 is 11.6 Å². The van der Waals surface area contributed by atoms with Gasteiger partial charge >= 0.3 is 0 Å². The first-order valence-corrected chi connectivity index (χ1v) is 9.97. The van der Waals surface area contributed by atoms with Gasteiger partial charge in [-0.2, -0.15) is 0 Å². The zero-order chi connectivity index (χ0) is 22.1. The number of halogens is 1. The van der Waals surface area contributed by atoms with E-state index in [4.69, 9.17) is 16.0 Å². The number of rotatable bonds is 5. The predicted molar refractivity (Wildman–Crippen MR) is 118 cm³/mol. The Hall–Kier alpha value is -3.77. The van der Waals surface area contributed by atoms with E-state index in [1.165, 1.54) is 22.4 Å². The molecule has 0 unspecified atom stereocenters. The van der Waals surface area contributed by atoms with Crippen LogP contribution in [0.5, 0.6) is 0 Å². The molecule has 156 valence electrons. The maximum atomic E-state index is 12.9. The van der Waals surface area contributed by atoms with Crippen LogP contribution in [-0.4, -0.2) is 15.7 Å². The monoisotopic (exact) mass is 433 g/mol. The summed E-state index contributed by atoms with van der Waals surface area (Å²) in [5.74, 6) is -0.511. The number of hydrogen-bond acceptors (Lipinski definition) is 4. The summed E-state index contributed by atoms with van der Waals surface area (Å²) < 4.78 is 7.24. The molecule has 6 nitrogen and oxygen atoms in total. The summed E-state index contributed by atoms with van der Waals surface area (Å²) >= 11 is 5.89. The van der Waals surface area contributed by atoms with Gasteiger partial charge in [0.2, 0.25) is 0 Å². The molecule has 1 N–H and O–H groups in total. The average Bonchev–Trinajstić information content (AvgIpc) is 3.34. The first-order chi connectivity index (χ1) is 14.9. The lowest BCUT2D eigenvalue weighted by atomic mass is 10.1. The molecule has 0 saturated carbocycles. The van der Waals surface area contributed by atoms with Crippen molar-refractivity contribution in [3.8, 4) is 17.0 Å². The van der Waals surface area contributed by atoms with Gasteiger partial charge < -0.3 is 14.3 Å². The quantitative estimate of drug-likeness (QED) is 0.522. The van der Waals surface area contributed by atoms with Crippen molar-refractivity contribution >= 4 is 30.2 Å². The van der Waals surface area contributed by atoms with E-state index in [0.29, 0.717) is 33.3 Å². The van der Waals surface area contributed by atoms with Crippen LogP contribution in [0.1, 0.15) is 28.6 Å². The number of H-pyrrole nitrogens is 1. The molecule has 2 aromatic carbocycles. The minimum Gasteiger partial charge on any atom is -0.545 e. The molecule has 0 fully saturated rings. The van der Waals surface area contributed by atoms with E-state index in [0.717, 1.165) is 6.42 Å². The number of aryl methyl sites for hydroxylation is 1. The molecule has 0 aliphatic rings. The number of aromatic amines is 1. The number of nitrogens with zero attached hydrogens (tertiary/aromatic N) is 1. The molecule has 4 rings (SSSR count). The van der Waals surface area contributed by atoms with Crippen LogP contribution in [-0.2, 0) is 6.42 Å². The molecular weight excluding hydrogens is 416 g/mol. The summed E-state index contributed by atoms with van der Waals surface area (Å²) in [5, 5.41) is 15.1. The second kappa shape index (κ2) is 8.16. The van der Waals surface area contributed by atoms with E-state index >= 15 is 0 Å². The number of carboxylic acid groups (broad SMARTS) is 1. The number of carbonyl (C=O) groups is 1. The third-order valence-electron chi connectivity index (χ3n) is 4.99. The average molecular weight is 434 g/mol. The zero-order valence-electron chi connectivity index (χ0n) is 16.6.